The van der Waals surface area contributed by atoms with Crippen molar-refractivity contribution in [3.05, 3.63) is 36.3 Å². The van der Waals surface area contributed by atoms with E-state index in [1.54, 1.807) is 0 Å². The maximum atomic E-state index is 10.9. The highest BCUT2D eigenvalue weighted by Gasteiger charge is 2.32. The van der Waals surface area contributed by atoms with Crippen LogP contribution in [0.3, 0.4) is 0 Å². The number of carboxylic acids is 1. The first-order chi connectivity index (χ1) is 8.90. The average Bonchev–Trinajstić information content (AvgIpc) is 2.78. The summed E-state index contributed by atoms with van der Waals surface area (Å²) in [6.45, 7) is 3.68. The van der Waals surface area contributed by atoms with E-state index in [1.165, 1.54) is 11.8 Å². The second kappa shape index (κ2) is 5.22. The van der Waals surface area contributed by atoms with E-state index in [2.05, 4.69) is 4.98 Å². The first-order valence-corrected chi connectivity index (χ1v) is 6.93. The second-order valence-corrected chi connectivity index (χ2v) is 6.54. The van der Waals surface area contributed by atoms with Crippen LogP contribution in [0.2, 0.25) is 0 Å². The zero-order chi connectivity index (χ0) is 14.0. The predicted molar refractivity (Wildman–Crippen MR) is 76.2 cm³/mol. The molecule has 2 aromatic heterocycles. The van der Waals surface area contributed by atoms with E-state index >= 15 is 0 Å². The topological polar surface area (TPSA) is 80.6 Å². The number of aromatic nitrogens is 2. The van der Waals surface area contributed by atoms with Gasteiger partial charge in [-0.1, -0.05) is 6.07 Å². The number of pyridine rings is 1. The summed E-state index contributed by atoms with van der Waals surface area (Å²) >= 11 is 1.50. The smallest absolute Gasteiger partial charge is 0.321 e. The molecule has 3 N–H and O–H groups in total. The number of carbonyl (C=O) groups is 1. The van der Waals surface area contributed by atoms with Crippen LogP contribution in [0.15, 0.2) is 30.6 Å². The maximum Gasteiger partial charge on any atom is 0.321 e. The van der Waals surface area contributed by atoms with Crippen molar-refractivity contribution in [3.63, 3.8) is 0 Å². The van der Waals surface area contributed by atoms with Gasteiger partial charge in [-0.15, -0.1) is 11.8 Å². The highest BCUT2D eigenvalue weighted by Crippen LogP contribution is 2.30. The van der Waals surface area contributed by atoms with Gasteiger partial charge in [-0.2, -0.15) is 0 Å². The minimum atomic E-state index is -0.979. The Bertz CT molecular complexity index is 561. The number of thioether (sulfide) groups is 1. The lowest BCUT2D eigenvalue weighted by molar-refractivity contribution is -0.139. The van der Waals surface area contributed by atoms with Crippen LogP contribution in [-0.4, -0.2) is 31.2 Å². The summed E-state index contributed by atoms with van der Waals surface area (Å²) < 4.78 is 1.40. The zero-order valence-corrected chi connectivity index (χ0v) is 11.7. The molecule has 1 atom stereocenters. The van der Waals surface area contributed by atoms with Gasteiger partial charge in [0.2, 0.25) is 0 Å². The number of nitrogens with zero attached hydrogens (tertiary/aromatic N) is 2. The third-order valence-electron chi connectivity index (χ3n) is 3.02. The molecule has 0 radical (unpaired) electrons. The maximum absolute atomic E-state index is 10.9. The molecule has 0 aliphatic rings. The van der Waals surface area contributed by atoms with E-state index in [0.29, 0.717) is 5.75 Å². The van der Waals surface area contributed by atoms with Crippen LogP contribution < -0.4 is 5.73 Å². The molecule has 0 aliphatic carbocycles. The monoisotopic (exact) mass is 279 g/mol. The summed E-state index contributed by atoms with van der Waals surface area (Å²) in [5.74, 6) is -0.345. The summed E-state index contributed by atoms with van der Waals surface area (Å²) in [5, 5.41) is 8.97. The van der Waals surface area contributed by atoms with Gasteiger partial charge < -0.3 is 15.2 Å². The van der Waals surface area contributed by atoms with E-state index in [4.69, 9.17) is 10.8 Å². The van der Waals surface area contributed by atoms with Gasteiger partial charge >= 0.3 is 5.97 Å². The van der Waals surface area contributed by atoms with E-state index in [0.717, 1.165) is 11.3 Å². The van der Waals surface area contributed by atoms with Crippen molar-refractivity contribution in [2.45, 2.75) is 30.4 Å². The van der Waals surface area contributed by atoms with E-state index < -0.39 is 16.8 Å². The molecule has 6 heteroatoms. The molecule has 0 unspecified atom stereocenters. The number of hydrogen-bond donors (Lipinski definition) is 2. The fraction of sp³-hybridized carbons (Fsp3) is 0.385. The molecular weight excluding hydrogens is 262 g/mol. The Morgan fingerprint density at radius 2 is 2.32 bits per heavy atom. The Hall–Kier alpha value is -1.53. The average molecular weight is 279 g/mol. The van der Waals surface area contributed by atoms with Gasteiger partial charge in [-0.25, -0.2) is 4.98 Å². The molecule has 0 aromatic carbocycles. The van der Waals surface area contributed by atoms with E-state index in [9.17, 15) is 4.79 Å². The van der Waals surface area contributed by atoms with Crippen LogP contribution in [0.4, 0.5) is 0 Å². The van der Waals surface area contributed by atoms with Crippen molar-refractivity contribution in [1.29, 1.82) is 0 Å². The molecule has 0 bridgehead atoms. The van der Waals surface area contributed by atoms with Crippen molar-refractivity contribution in [3.8, 4) is 0 Å². The molecule has 0 spiro atoms. The van der Waals surface area contributed by atoms with Crippen molar-refractivity contribution < 1.29 is 9.90 Å². The number of rotatable bonds is 5. The first-order valence-electron chi connectivity index (χ1n) is 5.95. The number of aliphatic carboxylic acids is 1. The van der Waals surface area contributed by atoms with Gasteiger partial charge in [-0.3, -0.25) is 4.79 Å². The Balaban J connectivity index is 2.07. The molecule has 19 heavy (non-hydrogen) atoms. The minimum Gasteiger partial charge on any atom is -0.480 e. The first kappa shape index (κ1) is 13.9. The standard InChI is InChI=1S/C13H17N3O2S/c1-13(2,11(14)12(17)18)19-8-9-7-16-6-4-3-5-10(16)15-9/h3-7,11H,8,14H2,1-2H3,(H,17,18)/t11-/m1/s1. The summed E-state index contributed by atoms with van der Waals surface area (Å²) in [7, 11) is 0. The molecule has 0 aliphatic heterocycles. The highest BCUT2D eigenvalue weighted by atomic mass is 32.2. The van der Waals surface area contributed by atoms with Crippen LogP contribution in [0.1, 0.15) is 19.5 Å². The SMILES string of the molecule is CC(C)(SCc1cn2ccccc2n1)[C@H](N)C(=O)O. The Kier molecular flexibility index (Phi) is 3.82. The lowest BCUT2D eigenvalue weighted by Gasteiger charge is -2.27. The fourth-order valence-corrected chi connectivity index (χ4v) is 2.64. The van der Waals surface area contributed by atoms with Gasteiger partial charge in [0.25, 0.3) is 0 Å². The third kappa shape index (κ3) is 3.08. The number of fused-ring (bicyclic) bond motifs is 1. The number of carboxylic acid groups (broad SMARTS) is 1. The summed E-state index contributed by atoms with van der Waals surface area (Å²) in [6, 6.07) is 4.91. The summed E-state index contributed by atoms with van der Waals surface area (Å²) in [5.41, 5.74) is 7.49. The molecule has 2 aromatic rings. The van der Waals surface area contributed by atoms with Gasteiger partial charge in [0, 0.05) is 22.9 Å². The quantitative estimate of drug-likeness (QED) is 0.871. The lowest BCUT2D eigenvalue weighted by Crippen LogP contribution is -2.46. The molecular formula is C13H17N3O2S. The minimum absolute atomic E-state index is 0.540. The Morgan fingerprint density at radius 1 is 1.58 bits per heavy atom. The molecule has 2 heterocycles. The van der Waals surface area contributed by atoms with Crippen LogP contribution >= 0.6 is 11.8 Å². The van der Waals surface area contributed by atoms with E-state index in [-0.39, 0.29) is 0 Å². The molecule has 0 amide bonds. The van der Waals surface area contributed by atoms with Crippen molar-refractivity contribution in [2.24, 2.45) is 5.73 Å². The normalized spacial score (nSPS) is 13.6. The molecule has 0 saturated carbocycles. The number of nitrogens with two attached hydrogens (primary N) is 1. The van der Waals surface area contributed by atoms with Crippen LogP contribution in [-0.2, 0) is 10.5 Å². The van der Waals surface area contributed by atoms with Crippen LogP contribution in [0.5, 0.6) is 0 Å². The van der Waals surface area contributed by atoms with Crippen molar-refractivity contribution >= 4 is 23.4 Å². The van der Waals surface area contributed by atoms with Gasteiger partial charge in [0.05, 0.1) is 5.69 Å². The summed E-state index contributed by atoms with van der Waals surface area (Å²) in [6.07, 6.45) is 3.88. The Labute approximate surface area is 115 Å². The molecule has 5 nitrogen and oxygen atoms in total. The van der Waals surface area contributed by atoms with Gasteiger partial charge in [0.1, 0.15) is 11.7 Å². The second-order valence-electron chi connectivity index (χ2n) is 4.91. The number of hydrogen-bond acceptors (Lipinski definition) is 4. The fourth-order valence-electron chi connectivity index (χ4n) is 1.70. The van der Waals surface area contributed by atoms with Crippen LogP contribution in [0, 0.1) is 0 Å². The lowest BCUT2D eigenvalue weighted by atomic mass is 10.1. The largest absolute Gasteiger partial charge is 0.480 e. The third-order valence-corrected chi connectivity index (χ3v) is 4.46. The molecule has 0 fully saturated rings. The summed E-state index contributed by atoms with van der Waals surface area (Å²) in [4.78, 5) is 15.4. The zero-order valence-electron chi connectivity index (χ0n) is 10.9. The van der Waals surface area contributed by atoms with Crippen molar-refractivity contribution in [1.82, 2.24) is 9.38 Å². The van der Waals surface area contributed by atoms with Gasteiger partial charge in [0.15, 0.2) is 0 Å². The van der Waals surface area contributed by atoms with Crippen molar-refractivity contribution in [2.75, 3.05) is 0 Å². The molecule has 102 valence electrons. The molecule has 0 saturated heterocycles. The predicted octanol–water partition coefficient (Wildman–Crippen LogP) is 1.76. The van der Waals surface area contributed by atoms with E-state index in [1.807, 2.05) is 48.8 Å². The van der Waals surface area contributed by atoms with Crippen LogP contribution in [0.25, 0.3) is 5.65 Å². The Morgan fingerprint density at radius 3 is 2.95 bits per heavy atom. The van der Waals surface area contributed by atoms with Gasteiger partial charge in [-0.05, 0) is 26.0 Å². The number of imidazole rings is 1. The molecule has 2 rings (SSSR count). The highest BCUT2D eigenvalue weighted by molar-refractivity contribution is 7.99.